The summed E-state index contributed by atoms with van der Waals surface area (Å²) in [5.74, 6) is 0. The molecule has 1 rings (SSSR count). The number of rotatable bonds is 7. The van der Waals surface area contributed by atoms with Gasteiger partial charge in [0, 0.05) is 24.3 Å². The van der Waals surface area contributed by atoms with Crippen LogP contribution in [0.15, 0.2) is 18.2 Å². The van der Waals surface area contributed by atoms with Crippen LogP contribution in [0.5, 0.6) is 0 Å². The van der Waals surface area contributed by atoms with Gasteiger partial charge in [-0.3, -0.25) is 0 Å². The van der Waals surface area contributed by atoms with E-state index in [2.05, 4.69) is 26.1 Å². The molecule has 0 aromatic heterocycles. The van der Waals surface area contributed by atoms with Crippen LogP contribution in [0.4, 0.5) is 14.5 Å². The Bertz CT molecular complexity index is 444. The third-order valence-electron chi connectivity index (χ3n) is 3.15. The lowest BCUT2D eigenvalue weighted by molar-refractivity contribution is 0.153. The lowest BCUT2D eigenvalue weighted by Gasteiger charge is -2.26. The predicted octanol–water partition coefficient (Wildman–Crippen LogP) is 2.95. The minimum atomic E-state index is -2.42. The summed E-state index contributed by atoms with van der Waals surface area (Å²) >= 11 is 0. The first kappa shape index (κ1) is 17.9. The number of benzene rings is 1. The van der Waals surface area contributed by atoms with Crippen LogP contribution >= 0.6 is 0 Å². The molecule has 0 unspecified atom stereocenters. The van der Waals surface area contributed by atoms with E-state index in [9.17, 15) is 8.78 Å². The molecule has 0 aliphatic heterocycles. The SMILES string of the molecule is Cc1cc(CNC(C)(C)C)ccc1N(CCO)CC(F)F. The number of nitrogens with one attached hydrogen (secondary N) is 1. The number of hydrogen-bond donors (Lipinski definition) is 2. The van der Waals surface area contributed by atoms with Crippen molar-refractivity contribution in [2.45, 2.75) is 46.2 Å². The minimum absolute atomic E-state index is 0.0329. The summed E-state index contributed by atoms with van der Waals surface area (Å²) in [4.78, 5) is 1.53. The molecule has 0 fully saturated rings. The zero-order chi connectivity index (χ0) is 16.0. The lowest BCUT2D eigenvalue weighted by Crippen LogP contribution is -2.35. The Kier molecular flexibility index (Phi) is 6.55. The van der Waals surface area contributed by atoms with E-state index in [-0.39, 0.29) is 25.2 Å². The molecule has 0 atom stereocenters. The summed E-state index contributed by atoms with van der Waals surface area (Å²) < 4.78 is 25.2. The van der Waals surface area contributed by atoms with Gasteiger partial charge in [-0.15, -0.1) is 0 Å². The first-order chi connectivity index (χ1) is 9.73. The van der Waals surface area contributed by atoms with Crippen molar-refractivity contribution in [1.29, 1.82) is 0 Å². The molecule has 2 N–H and O–H groups in total. The van der Waals surface area contributed by atoms with Crippen molar-refractivity contribution in [2.75, 3.05) is 24.6 Å². The fourth-order valence-electron chi connectivity index (χ4n) is 2.15. The van der Waals surface area contributed by atoms with E-state index >= 15 is 0 Å². The predicted molar refractivity (Wildman–Crippen MR) is 83.1 cm³/mol. The first-order valence-corrected chi connectivity index (χ1v) is 7.21. The standard InChI is InChI=1S/C16H26F2N2O/c1-12-9-13(10-19-16(2,3)4)5-6-14(12)20(7-8-21)11-15(17)18/h5-6,9,15,19,21H,7-8,10-11H2,1-4H3. The van der Waals surface area contributed by atoms with Gasteiger partial charge >= 0.3 is 0 Å². The van der Waals surface area contributed by atoms with E-state index in [1.807, 2.05) is 25.1 Å². The van der Waals surface area contributed by atoms with E-state index in [0.717, 1.165) is 23.4 Å². The maximum Gasteiger partial charge on any atom is 0.255 e. The zero-order valence-electron chi connectivity index (χ0n) is 13.3. The zero-order valence-corrected chi connectivity index (χ0v) is 13.3. The van der Waals surface area contributed by atoms with Crippen LogP contribution in [-0.4, -0.2) is 36.8 Å². The van der Waals surface area contributed by atoms with Crippen molar-refractivity contribution in [3.05, 3.63) is 29.3 Å². The smallest absolute Gasteiger partial charge is 0.255 e. The van der Waals surface area contributed by atoms with Crippen LogP contribution in [0.3, 0.4) is 0 Å². The Hall–Kier alpha value is -1.20. The Morgan fingerprint density at radius 3 is 2.43 bits per heavy atom. The van der Waals surface area contributed by atoms with Gasteiger partial charge in [0.2, 0.25) is 0 Å². The molecule has 0 bridgehead atoms. The summed E-state index contributed by atoms with van der Waals surface area (Å²) in [6.45, 7) is 8.65. The summed E-state index contributed by atoms with van der Waals surface area (Å²) in [7, 11) is 0. The molecule has 5 heteroatoms. The Morgan fingerprint density at radius 1 is 1.29 bits per heavy atom. The van der Waals surface area contributed by atoms with Gasteiger partial charge in [0.25, 0.3) is 6.43 Å². The van der Waals surface area contributed by atoms with Crippen molar-refractivity contribution in [2.24, 2.45) is 0 Å². The molecule has 0 heterocycles. The van der Waals surface area contributed by atoms with E-state index in [4.69, 9.17) is 5.11 Å². The van der Waals surface area contributed by atoms with Crippen LogP contribution in [0, 0.1) is 6.92 Å². The van der Waals surface area contributed by atoms with Crippen LogP contribution in [0.2, 0.25) is 0 Å². The average molecular weight is 300 g/mol. The van der Waals surface area contributed by atoms with Crippen LogP contribution < -0.4 is 10.2 Å². The van der Waals surface area contributed by atoms with E-state index in [0.29, 0.717) is 0 Å². The lowest BCUT2D eigenvalue weighted by atomic mass is 10.1. The number of halogens is 2. The molecule has 0 aliphatic carbocycles. The molecular weight excluding hydrogens is 274 g/mol. The average Bonchev–Trinajstić information content (AvgIpc) is 2.34. The highest BCUT2D eigenvalue weighted by Gasteiger charge is 2.15. The quantitative estimate of drug-likeness (QED) is 0.812. The van der Waals surface area contributed by atoms with Gasteiger partial charge < -0.3 is 15.3 Å². The maximum absolute atomic E-state index is 12.6. The molecule has 3 nitrogen and oxygen atoms in total. The van der Waals surface area contributed by atoms with Crippen molar-refractivity contribution >= 4 is 5.69 Å². The monoisotopic (exact) mass is 300 g/mol. The summed E-state index contributed by atoms with van der Waals surface area (Å²) in [5.41, 5.74) is 2.85. The number of anilines is 1. The largest absolute Gasteiger partial charge is 0.395 e. The van der Waals surface area contributed by atoms with Crippen LogP contribution in [0.25, 0.3) is 0 Å². The van der Waals surface area contributed by atoms with Gasteiger partial charge in [-0.25, -0.2) is 8.78 Å². The van der Waals surface area contributed by atoms with E-state index in [1.165, 1.54) is 4.90 Å². The highest BCUT2D eigenvalue weighted by Crippen LogP contribution is 2.22. The number of aliphatic hydroxyl groups excluding tert-OH is 1. The van der Waals surface area contributed by atoms with Crippen molar-refractivity contribution < 1.29 is 13.9 Å². The third-order valence-corrected chi connectivity index (χ3v) is 3.15. The molecule has 120 valence electrons. The second-order valence-electron chi connectivity index (χ2n) is 6.29. The maximum atomic E-state index is 12.6. The highest BCUT2D eigenvalue weighted by molar-refractivity contribution is 5.54. The molecule has 0 saturated carbocycles. The highest BCUT2D eigenvalue weighted by atomic mass is 19.3. The van der Waals surface area contributed by atoms with E-state index < -0.39 is 6.43 Å². The molecule has 0 amide bonds. The topological polar surface area (TPSA) is 35.5 Å². The molecule has 0 aliphatic rings. The van der Waals surface area contributed by atoms with Crippen molar-refractivity contribution in [1.82, 2.24) is 5.32 Å². The number of alkyl halides is 2. The third kappa shape index (κ3) is 6.40. The molecule has 21 heavy (non-hydrogen) atoms. The van der Waals surface area contributed by atoms with Gasteiger partial charge in [0.15, 0.2) is 0 Å². The Balaban J connectivity index is 2.84. The van der Waals surface area contributed by atoms with Crippen LogP contribution in [0.1, 0.15) is 31.9 Å². The van der Waals surface area contributed by atoms with Crippen molar-refractivity contribution in [3.63, 3.8) is 0 Å². The number of nitrogens with zero attached hydrogens (tertiary/aromatic N) is 1. The van der Waals surface area contributed by atoms with Crippen LogP contribution in [-0.2, 0) is 6.54 Å². The minimum Gasteiger partial charge on any atom is -0.395 e. The number of aliphatic hydroxyl groups is 1. The molecule has 1 aromatic rings. The van der Waals surface area contributed by atoms with Gasteiger partial charge in [-0.05, 0) is 44.9 Å². The summed E-state index contributed by atoms with van der Waals surface area (Å²) in [6, 6.07) is 5.80. The summed E-state index contributed by atoms with van der Waals surface area (Å²) in [5, 5.41) is 12.4. The second kappa shape index (κ2) is 7.71. The normalized spacial score (nSPS) is 12.0. The Labute approximate surface area is 126 Å². The second-order valence-corrected chi connectivity index (χ2v) is 6.29. The van der Waals surface area contributed by atoms with E-state index in [1.54, 1.807) is 0 Å². The molecule has 0 saturated heterocycles. The van der Waals surface area contributed by atoms with Gasteiger partial charge in [-0.2, -0.15) is 0 Å². The number of hydrogen-bond acceptors (Lipinski definition) is 3. The molecular formula is C16H26F2N2O. The molecule has 0 radical (unpaired) electrons. The molecule has 1 aromatic carbocycles. The van der Waals surface area contributed by atoms with Gasteiger partial charge in [0.05, 0.1) is 13.2 Å². The first-order valence-electron chi connectivity index (χ1n) is 7.21. The fourth-order valence-corrected chi connectivity index (χ4v) is 2.15. The molecule has 0 spiro atoms. The Morgan fingerprint density at radius 2 is 1.95 bits per heavy atom. The van der Waals surface area contributed by atoms with Gasteiger partial charge in [-0.1, -0.05) is 12.1 Å². The fraction of sp³-hybridized carbons (Fsp3) is 0.625. The van der Waals surface area contributed by atoms with Gasteiger partial charge in [0.1, 0.15) is 0 Å². The van der Waals surface area contributed by atoms with Crippen molar-refractivity contribution in [3.8, 4) is 0 Å². The summed E-state index contributed by atoms with van der Waals surface area (Å²) in [6.07, 6.45) is -2.42. The number of aryl methyl sites for hydroxylation is 1.